The molecule has 8 heteroatoms. The summed E-state index contributed by atoms with van der Waals surface area (Å²) in [5.74, 6) is -5.02. The van der Waals surface area contributed by atoms with Crippen LogP contribution in [0.5, 0.6) is 0 Å². The van der Waals surface area contributed by atoms with Gasteiger partial charge in [-0.3, -0.25) is 9.59 Å². The van der Waals surface area contributed by atoms with Crippen molar-refractivity contribution in [2.75, 3.05) is 0 Å². The second-order valence-electron chi connectivity index (χ2n) is 2.48. The van der Waals surface area contributed by atoms with Crippen molar-refractivity contribution in [2.24, 2.45) is 0 Å². The van der Waals surface area contributed by atoms with Crippen LogP contribution in [0.4, 0.5) is 0 Å². The Hall–Kier alpha value is -0.149. The second-order valence-corrected chi connectivity index (χ2v) is 2.48. The van der Waals surface area contributed by atoms with Crippen molar-refractivity contribution in [1.82, 2.24) is 0 Å². The summed E-state index contributed by atoms with van der Waals surface area (Å²) in [6.45, 7) is 0. The van der Waals surface area contributed by atoms with Gasteiger partial charge in [-0.1, -0.05) is 0 Å². The SMILES string of the molecule is O=C(O)CC(O)(CC(=O)O)C(=O)O.[Sr]. The largest absolute Gasteiger partial charge is 0.481 e. The first-order chi connectivity index (χ1) is 5.78. The minimum atomic E-state index is -2.74. The first-order valence-electron chi connectivity index (χ1n) is 3.17. The third-order valence-electron chi connectivity index (χ3n) is 1.29. The number of hydrogen-bond donors (Lipinski definition) is 4. The molecule has 0 saturated heterocycles. The Morgan fingerprint density at radius 3 is 1.36 bits per heavy atom. The van der Waals surface area contributed by atoms with Gasteiger partial charge in [0, 0.05) is 45.5 Å². The number of aliphatic carboxylic acids is 3. The molecular formula is C6H8O7Sr. The fraction of sp³-hybridized carbons (Fsp3) is 0.500. The molecule has 0 aromatic rings. The van der Waals surface area contributed by atoms with Gasteiger partial charge in [0.05, 0.1) is 12.8 Å². The Morgan fingerprint density at radius 1 is 0.929 bits per heavy atom. The van der Waals surface area contributed by atoms with Crippen molar-refractivity contribution in [1.29, 1.82) is 0 Å². The van der Waals surface area contributed by atoms with Gasteiger partial charge >= 0.3 is 17.9 Å². The Labute approximate surface area is 116 Å². The predicted molar refractivity (Wildman–Crippen MR) is 42.8 cm³/mol. The molecule has 0 rings (SSSR count). The van der Waals surface area contributed by atoms with Crippen LogP contribution in [0.3, 0.4) is 0 Å². The molecule has 0 fully saturated rings. The minimum Gasteiger partial charge on any atom is -0.481 e. The van der Waals surface area contributed by atoms with E-state index in [9.17, 15) is 14.4 Å². The average Bonchev–Trinajstić information content (AvgIpc) is 1.82. The molecule has 0 bridgehead atoms. The molecule has 0 aromatic carbocycles. The molecule has 0 aliphatic heterocycles. The summed E-state index contributed by atoms with van der Waals surface area (Å²) >= 11 is 0. The summed E-state index contributed by atoms with van der Waals surface area (Å²) in [6.07, 6.45) is -2.29. The van der Waals surface area contributed by atoms with E-state index in [-0.39, 0.29) is 45.5 Å². The van der Waals surface area contributed by atoms with Gasteiger partial charge in [0.2, 0.25) is 0 Å². The molecule has 14 heavy (non-hydrogen) atoms. The summed E-state index contributed by atoms with van der Waals surface area (Å²) in [4.78, 5) is 30.5. The van der Waals surface area contributed by atoms with Gasteiger partial charge in [-0.25, -0.2) is 4.79 Å². The van der Waals surface area contributed by atoms with E-state index in [1.165, 1.54) is 0 Å². The molecule has 0 spiro atoms. The Bertz CT molecular complexity index is 233. The van der Waals surface area contributed by atoms with Gasteiger partial charge in [0.15, 0.2) is 5.60 Å². The van der Waals surface area contributed by atoms with Crippen LogP contribution in [0.2, 0.25) is 0 Å². The number of carboxylic acids is 3. The number of aliphatic hydroxyl groups is 1. The van der Waals surface area contributed by atoms with Crippen LogP contribution >= 0.6 is 0 Å². The van der Waals surface area contributed by atoms with Crippen LogP contribution < -0.4 is 0 Å². The van der Waals surface area contributed by atoms with E-state index >= 15 is 0 Å². The fourth-order valence-electron chi connectivity index (χ4n) is 0.714. The van der Waals surface area contributed by atoms with Gasteiger partial charge in [0.1, 0.15) is 0 Å². The zero-order valence-electron chi connectivity index (χ0n) is 7.13. The maximum atomic E-state index is 10.3. The molecular weight excluding hydrogens is 272 g/mol. The van der Waals surface area contributed by atoms with Crippen LogP contribution in [-0.2, 0) is 14.4 Å². The Morgan fingerprint density at radius 2 is 1.21 bits per heavy atom. The normalized spacial score (nSPS) is 10.1. The number of hydrogen-bond acceptors (Lipinski definition) is 4. The van der Waals surface area contributed by atoms with E-state index in [0.29, 0.717) is 0 Å². The molecule has 0 unspecified atom stereocenters. The monoisotopic (exact) mass is 280 g/mol. The van der Waals surface area contributed by atoms with Gasteiger partial charge in [-0.15, -0.1) is 0 Å². The van der Waals surface area contributed by atoms with Crippen molar-refractivity contribution in [2.45, 2.75) is 18.4 Å². The smallest absolute Gasteiger partial charge is 0.336 e. The van der Waals surface area contributed by atoms with Crippen molar-refractivity contribution >= 4 is 63.4 Å². The van der Waals surface area contributed by atoms with E-state index in [4.69, 9.17) is 20.4 Å². The number of carbonyl (C=O) groups is 3. The number of rotatable bonds is 5. The molecule has 7 nitrogen and oxygen atoms in total. The third-order valence-corrected chi connectivity index (χ3v) is 1.29. The van der Waals surface area contributed by atoms with Crippen molar-refractivity contribution in [3.63, 3.8) is 0 Å². The Kier molecular flexibility index (Phi) is 7.39. The van der Waals surface area contributed by atoms with E-state index in [1.54, 1.807) is 0 Å². The van der Waals surface area contributed by atoms with Crippen LogP contribution in [0.25, 0.3) is 0 Å². The van der Waals surface area contributed by atoms with Crippen molar-refractivity contribution in [3.8, 4) is 0 Å². The van der Waals surface area contributed by atoms with E-state index in [0.717, 1.165) is 0 Å². The van der Waals surface area contributed by atoms with Gasteiger partial charge < -0.3 is 20.4 Å². The minimum absolute atomic E-state index is 0. The molecule has 4 N–H and O–H groups in total. The first-order valence-corrected chi connectivity index (χ1v) is 3.17. The molecule has 0 atom stereocenters. The maximum Gasteiger partial charge on any atom is 0.336 e. The summed E-state index contributed by atoms with van der Waals surface area (Å²) in [7, 11) is 0. The van der Waals surface area contributed by atoms with Gasteiger partial charge in [-0.05, 0) is 0 Å². The van der Waals surface area contributed by atoms with Gasteiger partial charge in [0.25, 0.3) is 0 Å². The molecule has 0 aliphatic rings. The molecule has 0 amide bonds. The zero-order chi connectivity index (χ0) is 10.6. The third kappa shape index (κ3) is 5.55. The molecule has 2 radical (unpaired) electrons. The van der Waals surface area contributed by atoms with E-state index < -0.39 is 36.4 Å². The van der Waals surface area contributed by atoms with Crippen LogP contribution in [0.1, 0.15) is 12.8 Å². The predicted octanol–water partition coefficient (Wildman–Crippen LogP) is -1.63. The molecule has 0 aromatic heterocycles. The average molecular weight is 280 g/mol. The molecule has 0 aliphatic carbocycles. The zero-order valence-corrected chi connectivity index (χ0v) is 10.6. The van der Waals surface area contributed by atoms with E-state index in [2.05, 4.69) is 0 Å². The van der Waals surface area contributed by atoms with Crippen molar-refractivity contribution < 1.29 is 34.8 Å². The van der Waals surface area contributed by atoms with Crippen LogP contribution in [0, 0.1) is 0 Å². The fourth-order valence-corrected chi connectivity index (χ4v) is 0.714. The quantitative estimate of drug-likeness (QED) is 0.444. The molecule has 0 heterocycles. The van der Waals surface area contributed by atoms with Crippen molar-refractivity contribution in [3.05, 3.63) is 0 Å². The number of carboxylic acid groups (broad SMARTS) is 3. The molecule has 0 saturated carbocycles. The van der Waals surface area contributed by atoms with Crippen LogP contribution in [-0.4, -0.2) is 89.4 Å². The summed E-state index contributed by atoms with van der Waals surface area (Å²) < 4.78 is 0. The maximum absolute atomic E-state index is 10.3. The summed E-state index contributed by atoms with van der Waals surface area (Å²) in [6, 6.07) is 0. The first kappa shape index (κ1) is 16.3. The standard InChI is InChI=1S/C6H8O7.Sr/c7-3(8)1-6(13,5(11)12)2-4(9)10;/h13H,1-2H2,(H,7,8)(H,9,10)(H,11,12);. The summed E-state index contributed by atoms with van der Waals surface area (Å²) in [5.41, 5.74) is -2.74. The second kappa shape index (κ2) is 6.36. The molecule has 76 valence electrons. The van der Waals surface area contributed by atoms with E-state index in [1.807, 2.05) is 0 Å². The van der Waals surface area contributed by atoms with Gasteiger partial charge in [-0.2, -0.15) is 0 Å². The summed E-state index contributed by atoms with van der Waals surface area (Å²) in [5, 5.41) is 33.8. The Balaban J connectivity index is 0. The topological polar surface area (TPSA) is 132 Å². The van der Waals surface area contributed by atoms with Crippen LogP contribution in [0.15, 0.2) is 0 Å².